The molecule has 0 unspecified atom stereocenters. The first-order chi connectivity index (χ1) is 16.8. The molecule has 0 atom stereocenters. The molecule has 0 spiro atoms. The van der Waals surface area contributed by atoms with Crippen molar-refractivity contribution in [2.75, 3.05) is 0 Å². The van der Waals surface area contributed by atoms with Crippen LogP contribution in [0.4, 0.5) is 9.44 Å². The van der Waals surface area contributed by atoms with Crippen LogP contribution in [0.2, 0.25) is 0 Å². The van der Waals surface area contributed by atoms with Crippen molar-refractivity contribution < 1.29 is 18.6 Å². The van der Waals surface area contributed by atoms with Gasteiger partial charge in [0.1, 0.15) is 13.1 Å². The number of rotatable bonds is 13. The molecule has 0 saturated carbocycles. The van der Waals surface area contributed by atoms with E-state index >= 15 is 0 Å². The van der Waals surface area contributed by atoms with Gasteiger partial charge in [-0.3, -0.25) is 9.44 Å². The molecule has 8 heteroatoms. The van der Waals surface area contributed by atoms with Crippen LogP contribution in [0.25, 0.3) is 11.1 Å². The maximum absolute atomic E-state index is 8.75. The summed E-state index contributed by atoms with van der Waals surface area (Å²) in [5, 5.41) is 0. The third kappa shape index (κ3) is 17.8. The highest BCUT2D eigenvalue weighted by atomic mass is 127. The molecule has 2 aromatic heterocycles. The molecule has 0 bridgehead atoms. The van der Waals surface area contributed by atoms with Gasteiger partial charge in [-0.15, -0.1) is 19.6 Å². The van der Waals surface area contributed by atoms with E-state index in [0.717, 1.165) is 13.1 Å². The van der Waals surface area contributed by atoms with Gasteiger partial charge < -0.3 is 0 Å². The molecule has 0 amide bonds. The van der Waals surface area contributed by atoms with E-state index in [1.54, 1.807) is 0 Å². The summed E-state index contributed by atoms with van der Waals surface area (Å²) < 4.78 is 30.6. The summed E-state index contributed by atoms with van der Waals surface area (Å²) in [5.74, 6) is 0. The Kier molecular flexibility index (Phi) is 27.8. The van der Waals surface area contributed by atoms with Gasteiger partial charge >= 0.3 is 0 Å². The van der Waals surface area contributed by atoms with Crippen LogP contribution in [0.5, 0.6) is 0 Å². The van der Waals surface area contributed by atoms with Crippen LogP contribution >= 0.6 is 62.0 Å². The minimum Gasteiger partial charge on any atom is -0.269 e. The summed E-state index contributed by atoms with van der Waals surface area (Å²) in [6.07, 6.45) is 22.3. The van der Waals surface area contributed by atoms with E-state index in [2.05, 4.69) is 94.5 Å². The van der Waals surface area contributed by atoms with Crippen LogP contribution in [0, 0.1) is 0 Å². The first kappa shape index (κ1) is 32.3. The second-order valence-corrected chi connectivity index (χ2v) is 7.48. The minimum atomic E-state index is 1.14. The Morgan fingerprint density at radius 1 is 0.594 bits per heavy atom. The van der Waals surface area contributed by atoms with Gasteiger partial charge in [-0.05, 0) is 66.4 Å². The lowest BCUT2D eigenvalue weighted by Crippen LogP contribution is -2.33. The molecule has 0 saturated heterocycles. The fraction of sp³-hybridized carbons (Fsp3) is 0.583. The van der Waals surface area contributed by atoms with Crippen LogP contribution in [0.1, 0.15) is 78.1 Å². The van der Waals surface area contributed by atoms with Gasteiger partial charge in [-0.1, -0.05) is 52.4 Å². The van der Waals surface area contributed by atoms with Crippen molar-refractivity contribution in [2.45, 2.75) is 91.1 Å². The lowest BCUT2D eigenvalue weighted by atomic mass is 10.1. The van der Waals surface area contributed by atoms with Crippen molar-refractivity contribution in [2.24, 2.45) is 0 Å². The van der Waals surface area contributed by atoms with Crippen molar-refractivity contribution >= 4 is 62.0 Å². The van der Waals surface area contributed by atoms with Gasteiger partial charge in [0, 0.05) is 37.1 Å². The van der Waals surface area contributed by atoms with E-state index in [1.807, 2.05) is 42.4 Å². The molecule has 0 N–H and O–H groups in total. The Morgan fingerprint density at radius 2 is 0.875 bits per heavy atom. The Hall–Kier alpha value is 0.320. The third-order valence-corrected chi connectivity index (χ3v) is 5.16. The molecule has 0 aliphatic rings. The summed E-state index contributed by atoms with van der Waals surface area (Å²) >= 11 is 3.69. The molecule has 2 nitrogen and oxygen atoms in total. The number of pyridine rings is 2. The molecule has 0 aromatic carbocycles. The normalized spacial score (nSPS) is 9.75. The van der Waals surface area contributed by atoms with E-state index in [0.29, 0.717) is 0 Å². The summed E-state index contributed by atoms with van der Waals surface area (Å²) in [7, 11) is 7.00. The summed E-state index contributed by atoms with van der Waals surface area (Å²) in [4.78, 5) is 0. The van der Waals surface area contributed by atoms with Crippen LogP contribution in [-0.2, 0) is 13.1 Å². The average Bonchev–Trinajstić information content (AvgIpc) is 2.94. The first-order valence-corrected chi connectivity index (χ1v) is 17.6. The molecule has 2 rings (SSSR count). The largest absolute Gasteiger partial charge is 0.269 e. The topological polar surface area (TPSA) is 7.76 Å². The number of hydrogen-bond acceptors (Lipinski definition) is 2. The highest BCUT2D eigenvalue weighted by Gasteiger charge is 2.06. The molecule has 0 fully saturated rings. The molecule has 186 valence electrons. The van der Waals surface area contributed by atoms with Gasteiger partial charge in [0.2, 0.25) is 0 Å². The Balaban J connectivity index is -0.00000108. The Bertz CT molecular complexity index is 574. The highest BCUT2D eigenvalue weighted by Crippen LogP contribution is 2.15. The van der Waals surface area contributed by atoms with Crippen molar-refractivity contribution in [1.29, 1.82) is 2.90 Å². The second-order valence-electron chi connectivity index (χ2n) is 7.48. The Labute approximate surface area is 233 Å². The van der Waals surface area contributed by atoms with Crippen LogP contribution in [0.15, 0.2) is 49.1 Å². The highest BCUT2D eigenvalue weighted by molar-refractivity contribution is 14.2. The predicted octanol–water partition coefficient (Wildman–Crippen LogP) is 8.71. The van der Waals surface area contributed by atoms with Gasteiger partial charge in [-0.25, -0.2) is 9.13 Å². The maximum atomic E-state index is 8.75. The zero-order valence-electron chi connectivity index (χ0n) is 21.4. The molecule has 32 heavy (non-hydrogen) atoms. The van der Waals surface area contributed by atoms with E-state index in [4.69, 9.17) is 9.44 Å². The van der Waals surface area contributed by atoms with Crippen molar-refractivity contribution in [3.63, 3.8) is 0 Å². The zero-order chi connectivity index (χ0) is 26.5. The van der Waals surface area contributed by atoms with Crippen LogP contribution in [0.3, 0.4) is 0 Å². The average molecular weight is 719 g/mol. The standard InChI is InChI=1S/C24H38N2.2FH.2HIS/c1-3-5-7-9-11-17-25-19-13-23(14-20-25)24-15-21-26(22-16-24)18-12-10-8-6-4-2;;;2*1-2/h13-16,19-22H,3-12,17-18H2,1-2H3;2*1H;2*2H/q+2;;;;/i/hT2. The zero-order valence-corrected chi connectivity index (χ0v) is 25.5. The lowest BCUT2D eigenvalue weighted by molar-refractivity contribution is -0.697. The van der Waals surface area contributed by atoms with Crippen molar-refractivity contribution in [1.82, 2.24) is 0 Å². The monoisotopic (exact) mass is 718 g/mol. The number of unbranched alkanes of at least 4 members (excludes halogenated alkanes) is 8. The molecule has 0 radical (unpaired) electrons. The second kappa shape index (κ2) is 27.6. The molecular formula is C24H42F2I2N2S2+2. The quantitative estimate of drug-likeness (QED) is 0.0888. The van der Waals surface area contributed by atoms with E-state index < -0.39 is 0 Å². The number of hydrogen-bond donors (Lipinski definition) is 2. The predicted molar refractivity (Wildman–Crippen MR) is 161 cm³/mol. The summed E-state index contributed by atoms with van der Waals surface area (Å²) in [6.45, 7) is 6.81. The fourth-order valence-electron chi connectivity index (χ4n) is 3.39. The van der Waals surface area contributed by atoms with Gasteiger partial charge in [0.25, 0.3) is 2.90 Å². The number of aromatic nitrogens is 2. The van der Waals surface area contributed by atoms with Gasteiger partial charge in [-0.2, -0.15) is 0 Å². The van der Waals surface area contributed by atoms with Gasteiger partial charge in [0.15, 0.2) is 24.8 Å². The number of thiol groups is 2. The fourth-order valence-corrected chi connectivity index (χ4v) is 3.39. The maximum Gasteiger partial charge on any atom is 0.269 e. The van der Waals surface area contributed by atoms with Gasteiger partial charge in [0.05, 0.1) is 0 Å². The first-order valence-electron chi connectivity index (χ1n) is 11.9. The number of nitrogens with zero attached hydrogens (tertiary/aromatic N) is 2. The molecule has 0 aliphatic heterocycles. The van der Waals surface area contributed by atoms with Crippen LogP contribution in [-0.4, -0.2) is 2.90 Å². The number of halogens is 4. The summed E-state index contributed by atoms with van der Waals surface area (Å²) in [5.41, 5.74) is 2.62. The SMILES string of the molecule is CCCCCCC[n+]1ccc(-c2cc[n+](CCCCCCC)cc2)cc1.SI.SI.[3H]F.[3H]F. The molecular weight excluding hydrogens is 672 g/mol. The third-order valence-electron chi connectivity index (χ3n) is 5.16. The molecule has 2 heterocycles. The minimum absolute atomic E-state index is 1.14. The van der Waals surface area contributed by atoms with Crippen molar-refractivity contribution in [3.05, 3.63) is 49.1 Å². The number of aryl methyl sites for hydroxylation is 2. The molecule has 0 aliphatic carbocycles. The van der Waals surface area contributed by atoms with Crippen molar-refractivity contribution in [3.8, 4) is 11.1 Å². The molecule has 2 aromatic rings. The summed E-state index contributed by atoms with van der Waals surface area (Å²) in [6, 6.07) is 8.99. The smallest absolute Gasteiger partial charge is 0.269 e. The van der Waals surface area contributed by atoms with E-state index in [9.17, 15) is 0 Å². The Morgan fingerprint density at radius 3 is 1.16 bits per heavy atom. The van der Waals surface area contributed by atoms with E-state index in [1.165, 1.54) is 75.3 Å². The van der Waals surface area contributed by atoms with Crippen LogP contribution < -0.4 is 9.13 Å². The van der Waals surface area contributed by atoms with E-state index in [-0.39, 0.29) is 0 Å². The lowest BCUT2D eigenvalue weighted by Gasteiger charge is -2.02.